The van der Waals surface area contributed by atoms with Crippen LogP contribution in [-0.2, 0) is 5.41 Å². The van der Waals surface area contributed by atoms with Crippen LogP contribution < -0.4 is 0 Å². The fourth-order valence-corrected chi connectivity index (χ4v) is 8.58. The van der Waals surface area contributed by atoms with Crippen molar-refractivity contribution < 1.29 is 0 Å². The fraction of sp³-hybridized carbons (Fsp3) is 0.0769. The van der Waals surface area contributed by atoms with Crippen molar-refractivity contribution in [2.75, 3.05) is 0 Å². The number of hydrogen-bond acceptors (Lipinski definition) is 1. The minimum atomic E-state index is -0.0890. The minimum absolute atomic E-state index is 0.0890. The molecule has 0 radical (unpaired) electrons. The van der Waals surface area contributed by atoms with Gasteiger partial charge in [-0.3, -0.25) is 0 Å². The molecule has 1 nitrogen and oxygen atoms in total. The molecule has 194 valence electrons. The van der Waals surface area contributed by atoms with Crippen LogP contribution in [0.2, 0.25) is 0 Å². The van der Waals surface area contributed by atoms with Crippen LogP contribution in [0.25, 0.3) is 69.9 Å². The van der Waals surface area contributed by atoms with Crippen LogP contribution in [0, 0.1) is 0 Å². The summed E-state index contributed by atoms with van der Waals surface area (Å²) >= 11 is 1.89. The summed E-state index contributed by atoms with van der Waals surface area (Å²) in [7, 11) is 0. The Hall–Kier alpha value is -4.66. The van der Waals surface area contributed by atoms with E-state index in [1.165, 1.54) is 81.0 Å². The van der Waals surface area contributed by atoms with Crippen molar-refractivity contribution in [1.82, 2.24) is 4.57 Å². The molecule has 0 fully saturated rings. The van der Waals surface area contributed by atoms with Crippen LogP contribution in [0.1, 0.15) is 25.0 Å². The Balaban J connectivity index is 1.29. The van der Waals surface area contributed by atoms with E-state index in [-0.39, 0.29) is 5.41 Å². The van der Waals surface area contributed by atoms with Crippen molar-refractivity contribution in [3.8, 4) is 27.9 Å². The lowest BCUT2D eigenvalue weighted by atomic mass is 9.81. The number of aromatic nitrogens is 1. The molecule has 1 aliphatic rings. The fourth-order valence-electron chi connectivity index (χ4n) is 7.35. The van der Waals surface area contributed by atoms with Crippen LogP contribution >= 0.6 is 11.3 Å². The molecule has 1 aliphatic carbocycles. The van der Waals surface area contributed by atoms with E-state index in [1.54, 1.807) is 0 Å². The van der Waals surface area contributed by atoms with E-state index >= 15 is 0 Å². The quantitative estimate of drug-likeness (QED) is 0.205. The normalized spacial score (nSPS) is 13.8. The van der Waals surface area contributed by atoms with Crippen LogP contribution in [0.4, 0.5) is 0 Å². The summed E-state index contributed by atoms with van der Waals surface area (Å²) in [5, 5.41) is 5.30. The molecule has 0 N–H and O–H groups in total. The van der Waals surface area contributed by atoms with Gasteiger partial charge in [0.15, 0.2) is 0 Å². The second kappa shape index (κ2) is 8.19. The van der Waals surface area contributed by atoms with Crippen LogP contribution in [0.15, 0.2) is 127 Å². The van der Waals surface area contributed by atoms with Crippen molar-refractivity contribution >= 4 is 53.3 Å². The molecule has 0 saturated heterocycles. The molecule has 2 heterocycles. The van der Waals surface area contributed by atoms with Gasteiger partial charge in [0, 0.05) is 42.0 Å². The Bertz CT molecular complexity index is 2330. The number of fused-ring (bicyclic) bond motifs is 10. The summed E-state index contributed by atoms with van der Waals surface area (Å²) in [4.78, 5) is 0. The van der Waals surface area contributed by atoms with Crippen molar-refractivity contribution in [2.24, 2.45) is 0 Å². The lowest BCUT2D eigenvalue weighted by Crippen LogP contribution is -2.16. The van der Waals surface area contributed by atoms with Gasteiger partial charge in [-0.25, -0.2) is 0 Å². The van der Waals surface area contributed by atoms with E-state index in [2.05, 4.69) is 146 Å². The van der Waals surface area contributed by atoms with E-state index < -0.39 is 0 Å². The number of nitrogens with zero attached hydrogens (tertiary/aromatic N) is 1. The van der Waals surface area contributed by atoms with Gasteiger partial charge in [-0.1, -0.05) is 117 Å². The maximum Gasteiger partial charge on any atom is 0.0588 e. The highest BCUT2D eigenvalue weighted by atomic mass is 32.1. The van der Waals surface area contributed by atoms with E-state index in [0.29, 0.717) is 0 Å². The van der Waals surface area contributed by atoms with E-state index in [0.717, 1.165) is 0 Å². The van der Waals surface area contributed by atoms with E-state index in [1.807, 2.05) is 11.3 Å². The average Bonchev–Trinajstić information content (AvgIpc) is 3.63. The van der Waals surface area contributed by atoms with Gasteiger partial charge in [-0.05, 0) is 57.6 Å². The maximum atomic E-state index is 2.50. The molecule has 0 aliphatic heterocycles. The molecule has 2 aromatic heterocycles. The topological polar surface area (TPSA) is 4.93 Å². The Kier molecular flexibility index (Phi) is 4.61. The molecule has 8 aromatic rings. The smallest absolute Gasteiger partial charge is 0.0588 e. The average molecular weight is 542 g/mol. The van der Waals surface area contributed by atoms with Crippen molar-refractivity contribution in [3.63, 3.8) is 0 Å². The first-order chi connectivity index (χ1) is 20.1. The predicted octanol–water partition coefficient (Wildman–Crippen LogP) is 11.1. The number of benzene rings is 6. The molecule has 9 rings (SSSR count). The number of para-hydroxylation sites is 1. The predicted molar refractivity (Wildman–Crippen MR) is 177 cm³/mol. The van der Waals surface area contributed by atoms with E-state index in [4.69, 9.17) is 0 Å². The molecular formula is C39H27NS. The van der Waals surface area contributed by atoms with Gasteiger partial charge in [0.05, 0.1) is 11.0 Å². The third-order valence-electron chi connectivity index (χ3n) is 9.19. The Morgan fingerprint density at radius 2 is 1.24 bits per heavy atom. The van der Waals surface area contributed by atoms with Crippen molar-refractivity contribution in [2.45, 2.75) is 19.3 Å². The second-order valence-electron chi connectivity index (χ2n) is 11.7. The molecule has 0 spiro atoms. The molecule has 41 heavy (non-hydrogen) atoms. The first-order valence-electron chi connectivity index (χ1n) is 14.3. The van der Waals surface area contributed by atoms with Crippen LogP contribution in [0.5, 0.6) is 0 Å². The van der Waals surface area contributed by atoms with Gasteiger partial charge in [-0.15, -0.1) is 11.3 Å². The zero-order chi connectivity index (χ0) is 27.3. The summed E-state index contributed by atoms with van der Waals surface area (Å²) in [5.74, 6) is 0. The summed E-state index contributed by atoms with van der Waals surface area (Å²) < 4.78 is 5.20. The zero-order valence-electron chi connectivity index (χ0n) is 23.0. The van der Waals surface area contributed by atoms with Gasteiger partial charge >= 0.3 is 0 Å². The zero-order valence-corrected chi connectivity index (χ0v) is 23.8. The lowest BCUT2D eigenvalue weighted by Gasteiger charge is -2.23. The van der Waals surface area contributed by atoms with Gasteiger partial charge in [0.2, 0.25) is 0 Å². The van der Waals surface area contributed by atoms with Gasteiger partial charge in [-0.2, -0.15) is 0 Å². The number of rotatable bonds is 2. The highest BCUT2D eigenvalue weighted by Crippen LogP contribution is 2.53. The van der Waals surface area contributed by atoms with Crippen LogP contribution in [0.3, 0.4) is 0 Å². The van der Waals surface area contributed by atoms with Gasteiger partial charge in [0.25, 0.3) is 0 Å². The monoisotopic (exact) mass is 541 g/mol. The molecule has 6 aromatic carbocycles. The molecule has 2 heteroatoms. The first-order valence-corrected chi connectivity index (χ1v) is 15.1. The molecule has 0 unspecified atom stereocenters. The molecule has 0 amide bonds. The first kappa shape index (κ1) is 23.1. The minimum Gasteiger partial charge on any atom is -0.309 e. The standard InChI is InChI=1S/C39H27NS/c1-39(2)33-15-6-3-10-27(33)30-22-23-31-28-11-4-7-16-34(28)40(37(31)36(30)39)25-20-18-24(19-21-25)26-13-9-14-32-29-12-5-8-17-35(29)41-38(26)32/h3-23H,1-2H3. The number of thiophene rings is 1. The summed E-state index contributed by atoms with van der Waals surface area (Å²) in [6.45, 7) is 4.77. The maximum absolute atomic E-state index is 2.50. The highest BCUT2D eigenvalue weighted by Gasteiger charge is 2.38. The Morgan fingerprint density at radius 3 is 2.12 bits per heavy atom. The Labute approximate surface area is 242 Å². The van der Waals surface area contributed by atoms with Crippen molar-refractivity contribution in [3.05, 3.63) is 139 Å². The number of hydrogen-bond donors (Lipinski definition) is 0. The third kappa shape index (κ3) is 3.06. The molecule has 0 atom stereocenters. The molecule has 0 saturated carbocycles. The third-order valence-corrected chi connectivity index (χ3v) is 10.4. The largest absolute Gasteiger partial charge is 0.309 e. The summed E-state index contributed by atoms with van der Waals surface area (Å²) in [6, 6.07) is 47.1. The van der Waals surface area contributed by atoms with Crippen molar-refractivity contribution in [1.29, 1.82) is 0 Å². The molecular weight excluding hydrogens is 515 g/mol. The van der Waals surface area contributed by atoms with E-state index in [9.17, 15) is 0 Å². The van der Waals surface area contributed by atoms with Gasteiger partial charge < -0.3 is 4.57 Å². The summed E-state index contributed by atoms with van der Waals surface area (Å²) in [6.07, 6.45) is 0. The second-order valence-corrected chi connectivity index (χ2v) is 12.8. The Morgan fingerprint density at radius 1 is 0.537 bits per heavy atom. The summed E-state index contributed by atoms with van der Waals surface area (Å²) in [5.41, 5.74) is 11.8. The van der Waals surface area contributed by atoms with Gasteiger partial charge in [0.1, 0.15) is 0 Å². The van der Waals surface area contributed by atoms with Crippen LogP contribution in [-0.4, -0.2) is 4.57 Å². The molecule has 0 bridgehead atoms. The lowest BCUT2D eigenvalue weighted by molar-refractivity contribution is 0.664. The highest BCUT2D eigenvalue weighted by molar-refractivity contribution is 7.26. The SMILES string of the molecule is CC1(C)c2ccccc2-c2ccc3c4ccccc4n(-c4ccc(-c5cccc6c5sc5ccccc56)cc4)c3c21.